The Morgan fingerprint density at radius 3 is 2.37 bits per heavy atom. The lowest BCUT2D eigenvalue weighted by Crippen LogP contribution is -2.04. The molecule has 0 radical (unpaired) electrons. The van der Waals surface area contributed by atoms with Gasteiger partial charge >= 0.3 is 0 Å². The van der Waals surface area contributed by atoms with Crippen molar-refractivity contribution in [3.05, 3.63) is 41.2 Å². The van der Waals surface area contributed by atoms with E-state index >= 15 is 0 Å². The summed E-state index contributed by atoms with van der Waals surface area (Å²) in [6, 6.07) is 2.26. The van der Waals surface area contributed by atoms with Crippen LogP contribution in [0.3, 0.4) is 0 Å². The SMILES string of the molecule is CNc1ncnc(Nc2cc(F)c(C)cc2F)c1C. The first-order valence-corrected chi connectivity index (χ1v) is 5.75. The van der Waals surface area contributed by atoms with Gasteiger partial charge in [0.05, 0.1) is 5.69 Å². The zero-order chi connectivity index (χ0) is 14.0. The molecule has 6 heteroatoms. The molecule has 1 heterocycles. The Bertz CT molecular complexity index is 614. The third-order valence-corrected chi connectivity index (χ3v) is 2.82. The maximum Gasteiger partial charge on any atom is 0.147 e. The molecule has 2 N–H and O–H groups in total. The van der Waals surface area contributed by atoms with Crippen LogP contribution in [0.4, 0.5) is 26.1 Å². The fraction of sp³-hybridized carbons (Fsp3) is 0.231. The van der Waals surface area contributed by atoms with E-state index in [-0.39, 0.29) is 11.3 Å². The number of hydrogen-bond acceptors (Lipinski definition) is 4. The van der Waals surface area contributed by atoms with Crippen LogP contribution < -0.4 is 10.6 Å². The predicted molar refractivity (Wildman–Crippen MR) is 70.7 cm³/mol. The van der Waals surface area contributed by atoms with Gasteiger partial charge in [0, 0.05) is 18.7 Å². The highest BCUT2D eigenvalue weighted by atomic mass is 19.1. The molecule has 19 heavy (non-hydrogen) atoms. The van der Waals surface area contributed by atoms with Crippen molar-refractivity contribution in [2.75, 3.05) is 17.7 Å². The molecule has 1 aromatic carbocycles. The van der Waals surface area contributed by atoms with Crippen molar-refractivity contribution in [3.63, 3.8) is 0 Å². The van der Waals surface area contributed by atoms with Gasteiger partial charge in [-0.3, -0.25) is 0 Å². The summed E-state index contributed by atoms with van der Waals surface area (Å²) in [6.45, 7) is 3.30. The van der Waals surface area contributed by atoms with E-state index in [2.05, 4.69) is 20.6 Å². The van der Waals surface area contributed by atoms with Crippen LogP contribution in [0.15, 0.2) is 18.5 Å². The van der Waals surface area contributed by atoms with Gasteiger partial charge in [0.1, 0.15) is 29.6 Å². The van der Waals surface area contributed by atoms with Gasteiger partial charge in [0.15, 0.2) is 0 Å². The van der Waals surface area contributed by atoms with Crippen LogP contribution in [0.25, 0.3) is 0 Å². The zero-order valence-electron chi connectivity index (χ0n) is 10.9. The zero-order valence-corrected chi connectivity index (χ0v) is 10.9. The van der Waals surface area contributed by atoms with Crippen LogP contribution in [0.5, 0.6) is 0 Å². The third kappa shape index (κ3) is 2.62. The van der Waals surface area contributed by atoms with Crippen LogP contribution in [0.1, 0.15) is 11.1 Å². The second kappa shape index (κ2) is 5.17. The van der Waals surface area contributed by atoms with Gasteiger partial charge in [0.2, 0.25) is 0 Å². The van der Waals surface area contributed by atoms with Crippen LogP contribution >= 0.6 is 0 Å². The number of hydrogen-bond donors (Lipinski definition) is 2. The summed E-state index contributed by atoms with van der Waals surface area (Å²) in [7, 11) is 1.73. The van der Waals surface area contributed by atoms with E-state index < -0.39 is 11.6 Å². The number of nitrogens with zero attached hydrogens (tertiary/aromatic N) is 2. The van der Waals surface area contributed by atoms with Crippen molar-refractivity contribution in [2.45, 2.75) is 13.8 Å². The van der Waals surface area contributed by atoms with Crippen LogP contribution in [-0.2, 0) is 0 Å². The first-order chi connectivity index (χ1) is 9.02. The minimum Gasteiger partial charge on any atom is -0.373 e. The van der Waals surface area contributed by atoms with Crippen molar-refractivity contribution in [1.82, 2.24) is 9.97 Å². The van der Waals surface area contributed by atoms with Gasteiger partial charge in [-0.1, -0.05) is 0 Å². The Kier molecular flexibility index (Phi) is 3.59. The number of halogens is 2. The summed E-state index contributed by atoms with van der Waals surface area (Å²) < 4.78 is 27.2. The Labute approximate surface area is 109 Å². The summed E-state index contributed by atoms with van der Waals surface area (Å²) in [6.07, 6.45) is 1.35. The Hall–Kier alpha value is -2.24. The largest absolute Gasteiger partial charge is 0.373 e. The molecule has 2 aromatic rings. The maximum absolute atomic E-state index is 13.7. The van der Waals surface area contributed by atoms with Crippen molar-refractivity contribution in [3.8, 4) is 0 Å². The van der Waals surface area contributed by atoms with Gasteiger partial charge < -0.3 is 10.6 Å². The van der Waals surface area contributed by atoms with Crippen molar-refractivity contribution < 1.29 is 8.78 Å². The van der Waals surface area contributed by atoms with Gasteiger partial charge in [-0.2, -0.15) is 0 Å². The summed E-state index contributed by atoms with van der Waals surface area (Å²) in [4.78, 5) is 8.05. The maximum atomic E-state index is 13.7. The Morgan fingerprint density at radius 2 is 1.68 bits per heavy atom. The van der Waals surface area contributed by atoms with Gasteiger partial charge in [-0.05, 0) is 25.5 Å². The van der Waals surface area contributed by atoms with E-state index in [9.17, 15) is 8.78 Å². The second-order valence-corrected chi connectivity index (χ2v) is 4.15. The highest BCUT2D eigenvalue weighted by Crippen LogP contribution is 2.25. The van der Waals surface area contributed by atoms with E-state index in [0.717, 1.165) is 17.7 Å². The third-order valence-electron chi connectivity index (χ3n) is 2.82. The number of anilines is 3. The molecule has 0 fully saturated rings. The first-order valence-electron chi connectivity index (χ1n) is 5.75. The molecule has 0 aliphatic rings. The second-order valence-electron chi connectivity index (χ2n) is 4.15. The quantitative estimate of drug-likeness (QED) is 0.894. The molecule has 0 spiro atoms. The fourth-order valence-electron chi connectivity index (χ4n) is 1.70. The molecular formula is C13H14F2N4. The van der Waals surface area contributed by atoms with Crippen molar-refractivity contribution in [1.29, 1.82) is 0 Å². The minimum atomic E-state index is -0.525. The fourth-order valence-corrected chi connectivity index (χ4v) is 1.70. The highest BCUT2D eigenvalue weighted by molar-refractivity contribution is 5.64. The molecule has 0 bridgehead atoms. The number of aryl methyl sites for hydroxylation is 1. The smallest absolute Gasteiger partial charge is 0.147 e. The van der Waals surface area contributed by atoms with Gasteiger partial charge in [0.25, 0.3) is 0 Å². The lowest BCUT2D eigenvalue weighted by Gasteiger charge is -2.12. The molecule has 100 valence electrons. The lowest BCUT2D eigenvalue weighted by molar-refractivity contribution is 0.595. The molecule has 4 nitrogen and oxygen atoms in total. The number of benzene rings is 1. The monoisotopic (exact) mass is 264 g/mol. The van der Waals surface area contributed by atoms with Crippen LogP contribution in [0, 0.1) is 25.5 Å². The minimum absolute atomic E-state index is 0.0481. The molecule has 2 rings (SSSR count). The van der Waals surface area contributed by atoms with E-state index in [1.54, 1.807) is 14.0 Å². The molecule has 0 saturated carbocycles. The molecule has 0 amide bonds. The summed E-state index contributed by atoms with van der Waals surface area (Å²) in [5.41, 5.74) is 1.04. The van der Waals surface area contributed by atoms with E-state index in [4.69, 9.17) is 0 Å². The molecule has 0 atom stereocenters. The molecule has 0 aliphatic heterocycles. The summed E-state index contributed by atoms with van der Waals surface area (Å²) in [5, 5.41) is 5.67. The van der Waals surface area contributed by atoms with E-state index in [0.29, 0.717) is 11.6 Å². The van der Waals surface area contributed by atoms with E-state index in [1.807, 2.05) is 0 Å². The first kappa shape index (κ1) is 13.2. The standard InChI is InChI=1S/C13H14F2N4/c1-7-4-10(15)11(5-9(7)14)19-13-8(2)12(16-3)17-6-18-13/h4-6H,1-3H3,(H2,16,17,18,19). The lowest BCUT2D eigenvalue weighted by atomic mass is 10.2. The van der Waals surface area contributed by atoms with Gasteiger partial charge in [-0.15, -0.1) is 0 Å². The summed E-state index contributed by atoms with van der Waals surface area (Å²) >= 11 is 0. The molecule has 0 aliphatic carbocycles. The van der Waals surface area contributed by atoms with Crippen molar-refractivity contribution >= 4 is 17.3 Å². The Balaban J connectivity index is 2.39. The highest BCUT2D eigenvalue weighted by Gasteiger charge is 2.11. The van der Waals surface area contributed by atoms with Crippen LogP contribution in [0.2, 0.25) is 0 Å². The topological polar surface area (TPSA) is 49.8 Å². The number of aromatic nitrogens is 2. The average Bonchev–Trinajstić information content (AvgIpc) is 2.38. The van der Waals surface area contributed by atoms with Crippen molar-refractivity contribution in [2.24, 2.45) is 0 Å². The number of rotatable bonds is 3. The molecule has 0 unspecified atom stereocenters. The predicted octanol–water partition coefficient (Wildman–Crippen LogP) is 3.16. The van der Waals surface area contributed by atoms with E-state index in [1.165, 1.54) is 13.3 Å². The summed E-state index contributed by atoms with van der Waals surface area (Å²) in [5.74, 6) is 0.0689. The molecule has 0 saturated heterocycles. The molecule has 1 aromatic heterocycles. The average molecular weight is 264 g/mol. The van der Waals surface area contributed by atoms with Gasteiger partial charge in [-0.25, -0.2) is 18.7 Å². The Morgan fingerprint density at radius 1 is 1.00 bits per heavy atom. The number of nitrogens with one attached hydrogen (secondary N) is 2. The molecular weight excluding hydrogens is 250 g/mol. The van der Waals surface area contributed by atoms with Crippen LogP contribution in [-0.4, -0.2) is 17.0 Å². The normalized spacial score (nSPS) is 10.4.